The second-order valence-electron chi connectivity index (χ2n) is 6.36. The average Bonchev–Trinajstić information content (AvgIpc) is 3.45. The Morgan fingerprint density at radius 2 is 1.96 bits per heavy atom. The van der Waals surface area contributed by atoms with E-state index in [4.69, 9.17) is 11.6 Å². The standard InChI is InChI=1S/C18H17ClF3N3O/c19-15-13(2-1-3-14(15)20)18(26)25-7-11(6-10-4-5-10)12-8-23-17(16(21)22)24-9-12/h1-3,8-11,16H,4-7H2,(H,25,26). The Bertz CT molecular complexity index is 782. The van der Waals surface area contributed by atoms with Crippen molar-refractivity contribution in [3.63, 3.8) is 0 Å². The number of nitrogens with one attached hydrogen (secondary N) is 1. The van der Waals surface area contributed by atoms with Gasteiger partial charge in [-0.1, -0.05) is 30.5 Å². The van der Waals surface area contributed by atoms with Crippen LogP contribution in [0.5, 0.6) is 0 Å². The summed E-state index contributed by atoms with van der Waals surface area (Å²) in [4.78, 5) is 19.7. The molecule has 0 saturated heterocycles. The van der Waals surface area contributed by atoms with Crippen LogP contribution in [0.15, 0.2) is 30.6 Å². The van der Waals surface area contributed by atoms with Gasteiger partial charge >= 0.3 is 0 Å². The van der Waals surface area contributed by atoms with E-state index in [1.54, 1.807) is 0 Å². The largest absolute Gasteiger partial charge is 0.351 e. The molecular weight excluding hydrogens is 367 g/mol. The van der Waals surface area contributed by atoms with Crippen molar-refractivity contribution >= 4 is 17.5 Å². The van der Waals surface area contributed by atoms with E-state index >= 15 is 0 Å². The molecule has 1 heterocycles. The lowest BCUT2D eigenvalue weighted by atomic mass is 9.95. The molecule has 1 amide bonds. The van der Waals surface area contributed by atoms with Crippen molar-refractivity contribution in [1.29, 1.82) is 0 Å². The molecular formula is C18H17ClF3N3O. The van der Waals surface area contributed by atoms with Gasteiger partial charge in [0.1, 0.15) is 5.82 Å². The minimum atomic E-state index is -2.72. The highest BCUT2D eigenvalue weighted by Crippen LogP contribution is 2.38. The maximum absolute atomic E-state index is 13.5. The Morgan fingerprint density at radius 1 is 1.27 bits per heavy atom. The number of carbonyl (C=O) groups is 1. The van der Waals surface area contributed by atoms with Crippen LogP contribution < -0.4 is 5.32 Å². The molecule has 1 atom stereocenters. The van der Waals surface area contributed by atoms with Gasteiger partial charge in [0.15, 0.2) is 5.82 Å². The Kier molecular flexibility index (Phi) is 5.76. The number of benzene rings is 1. The summed E-state index contributed by atoms with van der Waals surface area (Å²) >= 11 is 5.83. The molecule has 0 aliphatic heterocycles. The van der Waals surface area contributed by atoms with Crippen LogP contribution in [0.25, 0.3) is 0 Å². The number of halogens is 4. The smallest absolute Gasteiger partial charge is 0.297 e. The highest BCUT2D eigenvalue weighted by molar-refractivity contribution is 6.34. The molecule has 1 fully saturated rings. The molecule has 1 aromatic heterocycles. The first kappa shape index (κ1) is 18.6. The third-order valence-corrected chi connectivity index (χ3v) is 4.76. The van der Waals surface area contributed by atoms with Crippen LogP contribution in [-0.2, 0) is 0 Å². The van der Waals surface area contributed by atoms with Crippen molar-refractivity contribution in [2.75, 3.05) is 6.54 Å². The number of nitrogens with zero attached hydrogens (tertiary/aromatic N) is 2. The number of hydrogen-bond donors (Lipinski definition) is 1. The molecule has 1 aliphatic rings. The molecule has 4 nitrogen and oxygen atoms in total. The summed E-state index contributed by atoms with van der Waals surface area (Å²) in [5.74, 6) is -1.23. The first-order valence-corrected chi connectivity index (χ1v) is 8.65. The molecule has 138 valence electrons. The summed E-state index contributed by atoms with van der Waals surface area (Å²) in [5, 5.41) is 2.51. The van der Waals surface area contributed by atoms with Crippen LogP contribution in [-0.4, -0.2) is 22.4 Å². The molecule has 1 N–H and O–H groups in total. The fourth-order valence-electron chi connectivity index (χ4n) is 2.75. The monoisotopic (exact) mass is 383 g/mol. The topological polar surface area (TPSA) is 54.9 Å². The molecule has 1 aliphatic carbocycles. The Hall–Kier alpha value is -2.15. The van der Waals surface area contributed by atoms with Crippen molar-refractivity contribution in [2.45, 2.75) is 31.6 Å². The van der Waals surface area contributed by atoms with Gasteiger partial charge < -0.3 is 5.32 Å². The SMILES string of the molecule is O=C(NCC(CC1CC1)c1cnc(C(F)F)nc1)c1cccc(F)c1Cl. The molecule has 1 saturated carbocycles. The zero-order valence-corrected chi connectivity index (χ0v) is 14.5. The quantitative estimate of drug-likeness (QED) is 0.764. The maximum Gasteiger partial charge on any atom is 0.297 e. The number of amides is 1. The van der Waals surface area contributed by atoms with E-state index in [2.05, 4.69) is 15.3 Å². The van der Waals surface area contributed by atoms with Gasteiger partial charge in [-0.05, 0) is 30.0 Å². The molecule has 1 aromatic carbocycles. The fourth-order valence-corrected chi connectivity index (χ4v) is 2.97. The predicted molar refractivity (Wildman–Crippen MR) is 90.8 cm³/mol. The lowest BCUT2D eigenvalue weighted by Gasteiger charge is -2.18. The van der Waals surface area contributed by atoms with Crippen LogP contribution in [0.4, 0.5) is 13.2 Å². The summed E-state index contributed by atoms with van der Waals surface area (Å²) in [7, 11) is 0. The lowest BCUT2D eigenvalue weighted by Crippen LogP contribution is -2.29. The highest BCUT2D eigenvalue weighted by atomic mass is 35.5. The first-order chi connectivity index (χ1) is 12.5. The van der Waals surface area contributed by atoms with E-state index in [0.29, 0.717) is 11.5 Å². The second-order valence-corrected chi connectivity index (χ2v) is 6.74. The number of hydrogen-bond acceptors (Lipinski definition) is 3. The highest BCUT2D eigenvalue weighted by Gasteiger charge is 2.27. The van der Waals surface area contributed by atoms with E-state index in [1.165, 1.54) is 30.6 Å². The van der Waals surface area contributed by atoms with Crippen LogP contribution in [0, 0.1) is 11.7 Å². The predicted octanol–water partition coefficient (Wildman–Crippen LogP) is 4.52. The second kappa shape index (κ2) is 8.03. The summed E-state index contributed by atoms with van der Waals surface area (Å²) in [6, 6.07) is 4.03. The molecule has 26 heavy (non-hydrogen) atoms. The van der Waals surface area contributed by atoms with Crippen LogP contribution in [0.2, 0.25) is 5.02 Å². The van der Waals surface area contributed by atoms with Crippen molar-refractivity contribution in [1.82, 2.24) is 15.3 Å². The Morgan fingerprint density at radius 3 is 2.58 bits per heavy atom. The van der Waals surface area contributed by atoms with Crippen LogP contribution >= 0.6 is 11.6 Å². The molecule has 2 aromatic rings. The normalized spacial score (nSPS) is 15.1. The van der Waals surface area contributed by atoms with Crippen molar-refractivity contribution in [2.24, 2.45) is 5.92 Å². The summed E-state index contributed by atoms with van der Waals surface area (Å²) < 4.78 is 38.7. The molecule has 0 bridgehead atoms. The Labute approximate surface area is 153 Å². The average molecular weight is 384 g/mol. The molecule has 0 radical (unpaired) electrons. The third-order valence-electron chi connectivity index (χ3n) is 4.38. The number of carbonyl (C=O) groups excluding carboxylic acids is 1. The summed E-state index contributed by atoms with van der Waals surface area (Å²) in [6.45, 7) is 0.263. The maximum atomic E-state index is 13.5. The lowest BCUT2D eigenvalue weighted by molar-refractivity contribution is 0.0950. The van der Waals surface area contributed by atoms with Gasteiger partial charge in [0.2, 0.25) is 0 Å². The van der Waals surface area contributed by atoms with Gasteiger partial charge in [0.25, 0.3) is 12.3 Å². The number of alkyl halides is 2. The molecule has 1 unspecified atom stereocenters. The van der Waals surface area contributed by atoms with Gasteiger partial charge in [-0.2, -0.15) is 0 Å². The van der Waals surface area contributed by atoms with E-state index in [9.17, 15) is 18.0 Å². The first-order valence-electron chi connectivity index (χ1n) is 8.28. The molecule has 0 spiro atoms. The van der Waals surface area contributed by atoms with Crippen molar-refractivity contribution in [3.8, 4) is 0 Å². The van der Waals surface area contributed by atoms with Gasteiger partial charge in [0, 0.05) is 24.9 Å². The van der Waals surface area contributed by atoms with E-state index in [0.717, 1.165) is 19.3 Å². The summed E-state index contributed by atoms with van der Waals surface area (Å²) in [6.07, 6.45) is 3.05. The molecule has 3 rings (SSSR count). The fraction of sp³-hybridized carbons (Fsp3) is 0.389. The van der Waals surface area contributed by atoms with E-state index in [1.807, 2.05) is 0 Å². The third kappa shape index (κ3) is 4.52. The van der Waals surface area contributed by atoms with Crippen LogP contribution in [0.3, 0.4) is 0 Å². The van der Waals surface area contributed by atoms with Gasteiger partial charge in [0.05, 0.1) is 10.6 Å². The van der Waals surface area contributed by atoms with Crippen molar-refractivity contribution in [3.05, 3.63) is 58.4 Å². The van der Waals surface area contributed by atoms with E-state index in [-0.39, 0.29) is 23.0 Å². The van der Waals surface area contributed by atoms with E-state index < -0.39 is 24.0 Å². The summed E-state index contributed by atoms with van der Waals surface area (Å²) in [5.41, 5.74) is 0.744. The minimum Gasteiger partial charge on any atom is -0.351 e. The minimum absolute atomic E-state index is 0.0566. The van der Waals surface area contributed by atoms with Gasteiger partial charge in [-0.25, -0.2) is 23.1 Å². The van der Waals surface area contributed by atoms with Crippen molar-refractivity contribution < 1.29 is 18.0 Å². The zero-order chi connectivity index (χ0) is 18.7. The number of aromatic nitrogens is 2. The zero-order valence-electron chi connectivity index (χ0n) is 13.8. The van der Waals surface area contributed by atoms with Gasteiger partial charge in [-0.3, -0.25) is 4.79 Å². The number of rotatable bonds is 7. The Balaban J connectivity index is 1.70. The van der Waals surface area contributed by atoms with Gasteiger partial charge in [-0.15, -0.1) is 0 Å². The van der Waals surface area contributed by atoms with Crippen LogP contribution in [0.1, 0.15) is 53.4 Å². The molecule has 8 heteroatoms.